The van der Waals surface area contributed by atoms with Crippen LogP contribution in [-0.4, -0.2) is 51.9 Å². The van der Waals surface area contributed by atoms with Crippen molar-refractivity contribution in [3.8, 4) is 5.75 Å². The Hall–Kier alpha value is -3.75. The first kappa shape index (κ1) is 26.8. The van der Waals surface area contributed by atoms with Gasteiger partial charge >= 0.3 is 0 Å². The zero-order chi connectivity index (χ0) is 26.4. The highest BCUT2D eigenvalue weighted by atomic mass is 19.1. The van der Waals surface area contributed by atoms with E-state index in [0.29, 0.717) is 38.0 Å². The van der Waals surface area contributed by atoms with Crippen LogP contribution < -0.4 is 10.5 Å². The lowest BCUT2D eigenvalue weighted by molar-refractivity contribution is -0.127. The van der Waals surface area contributed by atoms with Crippen LogP contribution in [0, 0.1) is 5.82 Å². The first-order valence-corrected chi connectivity index (χ1v) is 12.1. The minimum absolute atomic E-state index is 0.0382. The highest BCUT2D eigenvalue weighted by molar-refractivity contribution is 5.96. The second-order valence-electron chi connectivity index (χ2n) is 8.98. The lowest BCUT2D eigenvalue weighted by Gasteiger charge is -2.27. The number of anilines is 1. The number of halogens is 1. The Bertz CT molecular complexity index is 1220. The summed E-state index contributed by atoms with van der Waals surface area (Å²) in [6, 6.07) is 3.87. The summed E-state index contributed by atoms with van der Waals surface area (Å²) >= 11 is 0. The molecule has 1 N–H and O–H groups in total. The van der Waals surface area contributed by atoms with E-state index in [0.717, 1.165) is 12.0 Å². The molecule has 0 saturated carbocycles. The van der Waals surface area contributed by atoms with Gasteiger partial charge in [-0.25, -0.2) is 9.37 Å². The van der Waals surface area contributed by atoms with Crippen LogP contribution in [0.3, 0.4) is 0 Å². The summed E-state index contributed by atoms with van der Waals surface area (Å²) in [4.78, 5) is 46.2. The molecule has 8 nitrogen and oxygen atoms in total. The molecule has 3 rings (SSSR count). The summed E-state index contributed by atoms with van der Waals surface area (Å²) in [5, 5.41) is 10.6. The molecule has 1 unspecified atom stereocenters. The molecule has 2 aromatic rings. The van der Waals surface area contributed by atoms with Crippen LogP contribution in [0.15, 0.2) is 48.3 Å². The van der Waals surface area contributed by atoms with Crippen LogP contribution in [0.25, 0.3) is 0 Å². The Morgan fingerprint density at radius 1 is 1.28 bits per heavy atom. The first-order valence-electron chi connectivity index (χ1n) is 12.1. The number of amides is 1. The number of hydrogen-bond acceptors (Lipinski definition) is 6. The number of benzene rings is 1. The predicted octanol–water partition coefficient (Wildman–Crippen LogP) is 3.79. The van der Waals surface area contributed by atoms with E-state index >= 15 is 0 Å². The number of aryl methyl sites for hydroxylation is 1. The van der Waals surface area contributed by atoms with E-state index in [9.17, 15) is 23.9 Å². The van der Waals surface area contributed by atoms with Crippen LogP contribution in [0.5, 0.6) is 5.75 Å². The molecule has 192 valence electrons. The van der Waals surface area contributed by atoms with Crippen molar-refractivity contribution in [1.82, 2.24) is 14.5 Å². The van der Waals surface area contributed by atoms with E-state index in [1.54, 1.807) is 19.2 Å². The van der Waals surface area contributed by atoms with Crippen LogP contribution in [0.2, 0.25) is 0 Å². The second kappa shape index (κ2) is 11.8. The molecule has 0 aliphatic carbocycles. The number of carbonyl (C=O) groups is 2. The number of aromatic nitrogens is 2. The van der Waals surface area contributed by atoms with Gasteiger partial charge in [-0.15, -0.1) is 6.58 Å². The fourth-order valence-electron chi connectivity index (χ4n) is 4.50. The van der Waals surface area contributed by atoms with Gasteiger partial charge in [0.05, 0.1) is 6.04 Å². The number of ketones is 1. The van der Waals surface area contributed by atoms with Gasteiger partial charge in [0.15, 0.2) is 11.5 Å². The molecule has 0 bridgehead atoms. The normalized spacial score (nSPS) is 14.9. The summed E-state index contributed by atoms with van der Waals surface area (Å²) in [5.74, 6) is -1.62. The number of carbonyl (C=O) groups excluding carboxylic acids is 2. The number of likely N-dealkylation sites (N-methyl/N-ethyl adjacent to an activating group) is 1. The number of fused-ring (bicyclic) bond motifs is 1. The second-order valence-corrected chi connectivity index (χ2v) is 8.98. The molecule has 1 atom stereocenters. The molecule has 0 fully saturated rings. The fourth-order valence-corrected chi connectivity index (χ4v) is 4.50. The molecule has 36 heavy (non-hydrogen) atoms. The number of rotatable bonds is 10. The van der Waals surface area contributed by atoms with Gasteiger partial charge in [0.1, 0.15) is 11.6 Å². The maximum atomic E-state index is 13.9. The van der Waals surface area contributed by atoms with Gasteiger partial charge in [-0.1, -0.05) is 18.7 Å². The largest absolute Gasteiger partial charge is 0.501 e. The summed E-state index contributed by atoms with van der Waals surface area (Å²) < 4.78 is 15.3. The average molecular weight is 497 g/mol. The van der Waals surface area contributed by atoms with Crippen molar-refractivity contribution in [2.75, 3.05) is 25.5 Å². The quantitative estimate of drug-likeness (QED) is 0.306. The van der Waals surface area contributed by atoms with E-state index in [1.807, 2.05) is 11.9 Å². The maximum Gasteiger partial charge on any atom is 0.296 e. The predicted molar refractivity (Wildman–Crippen MR) is 137 cm³/mol. The smallest absolute Gasteiger partial charge is 0.296 e. The summed E-state index contributed by atoms with van der Waals surface area (Å²) in [6.07, 6.45) is 5.90. The minimum atomic E-state index is -0.693. The zero-order valence-electron chi connectivity index (χ0n) is 20.9. The third-order valence-electron chi connectivity index (χ3n) is 6.58. The van der Waals surface area contributed by atoms with E-state index < -0.39 is 23.1 Å². The number of Topliss-reactive ketones (excluding diaryl/α,β-unsaturated/α-hetero) is 1. The molecule has 1 aromatic heterocycles. The molecule has 1 aliphatic rings. The van der Waals surface area contributed by atoms with Crippen molar-refractivity contribution in [2.45, 2.75) is 51.1 Å². The van der Waals surface area contributed by atoms with E-state index in [-0.39, 0.29) is 36.1 Å². The minimum Gasteiger partial charge on any atom is -0.501 e. The molecule has 1 amide bonds. The highest BCUT2D eigenvalue weighted by Crippen LogP contribution is 2.29. The van der Waals surface area contributed by atoms with Gasteiger partial charge in [-0.3, -0.25) is 19.0 Å². The van der Waals surface area contributed by atoms with Crippen LogP contribution in [-0.2, 0) is 17.8 Å². The van der Waals surface area contributed by atoms with E-state index in [2.05, 4.69) is 18.1 Å². The summed E-state index contributed by atoms with van der Waals surface area (Å²) in [6.45, 7) is 8.21. The Morgan fingerprint density at radius 3 is 2.72 bits per heavy atom. The Morgan fingerprint density at radius 2 is 2.03 bits per heavy atom. The maximum absolute atomic E-state index is 13.9. The number of aromatic hydroxyl groups is 1. The molecule has 0 radical (unpaired) electrons. The SMILES string of the molecule is C=CCCN(C)c1cc(F)ccc1CCC(=O)c1nc2n(c(=O)c1O)CCCCC2N(C)C(=O)C=C. The number of hydrogen-bond donors (Lipinski definition) is 1. The van der Waals surface area contributed by atoms with Crippen molar-refractivity contribution in [1.29, 1.82) is 0 Å². The van der Waals surface area contributed by atoms with Crippen LogP contribution in [0.4, 0.5) is 10.1 Å². The van der Waals surface area contributed by atoms with Crippen molar-refractivity contribution in [3.63, 3.8) is 0 Å². The Balaban J connectivity index is 1.92. The van der Waals surface area contributed by atoms with Crippen molar-refractivity contribution < 1.29 is 19.1 Å². The third kappa shape index (κ3) is 5.72. The third-order valence-corrected chi connectivity index (χ3v) is 6.58. The van der Waals surface area contributed by atoms with E-state index in [4.69, 9.17) is 0 Å². The van der Waals surface area contributed by atoms with Gasteiger partial charge in [-0.05, 0) is 55.9 Å². The topological polar surface area (TPSA) is 95.7 Å². The molecule has 0 saturated heterocycles. The average Bonchev–Trinajstić information content (AvgIpc) is 3.09. The summed E-state index contributed by atoms with van der Waals surface area (Å²) in [7, 11) is 3.44. The number of nitrogens with zero attached hydrogens (tertiary/aromatic N) is 4. The van der Waals surface area contributed by atoms with Crippen LogP contribution in [0.1, 0.15) is 60.0 Å². The lowest BCUT2D eigenvalue weighted by Crippen LogP contribution is -2.35. The Labute approximate surface area is 210 Å². The van der Waals surface area contributed by atoms with Gasteiger partial charge in [-0.2, -0.15) is 0 Å². The van der Waals surface area contributed by atoms with Gasteiger partial charge in [0.2, 0.25) is 11.7 Å². The molecular weight excluding hydrogens is 463 g/mol. The molecule has 1 aliphatic heterocycles. The van der Waals surface area contributed by atoms with E-state index in [1.165, 1.54) is 27.7 Å². The lowest BCUT2D eigenvalue weighted by atomic mass is 10.0. The highest BCUT2D eigenvalue weighted by Gasteiger charge is 2.30. The van der Waals surface area contributed by atoms with Gasteiger partial charge in [0.25, 0.3) is 5.56 Å². The molecular formula is C27H33FN4O4. The molecule has 1 aromatic carbocycles. The summed E-state index contributed by atoms with van der Waals surface area (Å²) in [5.41, 5.74) is 0.424. The van der Waals surface area contributed by atoms with Gasteiger partial charge in [0, 0.05) is 39.3 Å². The monoisotopic (exact) mass is 496 g/mol. The molecule has 2 heterocycles. The first-order chi connectivity index (χ1) is 17.2. The zero-order valence-corrected chi connectivity index (χ0v) is 20.9. The standard InChI is InChI=1S/C27H33FN4O4/c1-5-7-15-30(3)21-17-19(28)13-11-18(21)12-14-22(33)24-25(35)27(36)32-16-9-8-10-20(26(32)29-24)31(4)23(34)6-2/h5-6,11,13,17,20,35H,1-2,7-10,12,14-16H2,3-4H3. The van der Waals surface area contributed by atoms with Crippen molar-refractivity contribution >= 4 is 17.4 Å². The van der Waals surface area contributed by atoms with Crippen molar-refractivity contribution in [3.05, 3.63) is 76.8 Å². The Kier molecular flexibility index (Phi) is 8.79. The molecule has 0 spiro atoms. The van der Waals surface area contributed by atoms with Gasteiger partial charge < -0.3 is 14.9 Å². The molecule has 9 heteroatoms. The van der Waals surface area contributed by atoms with Crippen molar-refractivity contribution in [2.24, 2.45) is 0 Å². The fraction of sp³-hybridized carbons (Fsp3) is 0.407. The van der Waals surface area contributed by atoms with Crippen LogP contribution >= 0.6 is 0 Å².